The minimum atomic E-state index is -0.738. The first kappa shape index (κ1) is 10.8. The van der Waals surface area contributed by atoms with E-state index in [1.54, 1.807) is 0 Å². The summed E-state index contributed by atoms with van der Waals surface area (Å²) in [6.07, 6.45) is 0.828. The molecule has 0 aliphatic carbocycles. The second-order valence-electron chi connectivity index (χ2n) is 3.79. The predicted molar refractivity (Wildman–Crippen MR) is 56.5 cm³/mol. The smallest absolute Gasteiger partial charge is 0.303 e. The van der Waals surface area contributed by atoms with Gasteiger partial charge in [0.1, 0.15) is 0 Å². The third kappa shape index (κ3) is 3.21. The third-order valence-electron chi connectivity index (χ3n) is 2.27. The fourth-order valence-electron chi connectivity index (χ4n) is 1.32. The zero-order valence-corrected chi connectivity index (χ0v) is 8.66. The normalized spacial score (nSPS) is 10.5. The Morgan fingerprint density at radius 2 is 1.86 bits per heavy atom. The molecule has 0 bridgehead atoms. The van der Waals surface area contributed by atoms with Crippen molar-refractivity contribution in [2.75, 3.05) is 0 Å². The number of carboxylic acid groups (broad SMARTS) is 1. The molecular weight excluding hydrogens is 176 g/mol. The molecule has 1 N–H and O–H groups in total. The van der Waals surface area contributed by atoms with Gasteiger partial charge in [0, 0.05) is 6.42 Å². The Morgan fingerprint density at radius 1 is 1.29 bits per heavy atom. The van der Waals surface area contributed by atoms with Crippen LogP contribution in [0.1, 0.15) is 37.3 Å². The summed E-state index contributed by atoms with van der Waals surface area (Å²) in [6, 6.07) is 8.17. The van der Waals surface area contributed by atoms with E-state index in [-0.39, 0.29) is 6.42 Å². The second-order valence-corrected chi connectivity index (χ2v) is 3.79. The summed E-state index contributed by atoms with van der Waals surface area (Å²) in [4.78, 5) is 10.3. The van der Waals surface area contributed by atoms with Crippen LogP contribution >= 0.6 is 0 Å². The number of carboxylic acids is 1. The Hall–Kier alpha value is -1.31. The molecule has 0 spiro atoms. The van der Waals surface area contributed by atoms with E-state index in [9.17, 15) is 4.79 Å². The second kappa shape index (κ2) is 4.80. The molecule has 0 heterocycles. The average Bonchev–Trinajstić information content (AvgIpc) is 2.15. The van der Waals surface area contributed by atoms with Crippen LogP contribution in [0.2, 0.25) is 0 Å². The lowest BCUT2D eigenvalue weighted by Gasteiger charge is -2.05. The van der Waals surface area contributed by atoms with Gasteiger partial charge in [-0.15, -0.1) is 0 Å². The van der Waals surface area contributed by atoms with Crippen LogP contribution in [-0.2, 0) is 11.2 Å². The van der Waals surface area contributed by atoms with E-state index in [0.717, 1.165) is 5.56 Å². The van der Waals surface area contributed by atoms with Crippen molar-refractivity contribution in [3.8, 4) is 0 Å². The summed E-state index contributed by atoms with van der Waals surface area (Å²) < 4.78 is 0. The van der Waals surface area contributed by atoms with E-state index < -0.39 is 5.97 Å². The molecule has 2 heteroatoms. The average molecular weight is 192 g/mol. The minimum absolute atomic E-state index is 0.209. The highest BCUT2D eigenvalue weighted by molar-refractivity contribution is 5.67. The van der Waals surface area contributed by atoms with E-state index in [1.807, 2.05) is 12.1 Å². The Labute approximate surface area is 84.6 Å². The lowest BCUT2D eigenvalue weighted by Crippen LogP contribution is -1.97. The summed E-state index contributed by atoms with van der Waals surface area (Å²) in [6.45, 7) is 4.29. The van der Waals surface area contributed by atoms with Crippen LogP contribution in [0.25, 0.3) is 0 Å². The van der Waals surface area contributed by atoms with Crippen molar-refractivity contribution in [1.29, 1.82) is 0 Å². The van der Waals surface area contributed by atoms with Gasteiger partial charge in [0.05, 0.1) is 0 Å². The number of aliphatic carboxylic acids is 1. The van der Waals surface area contributed by atoms with Crippen molar-refractivity contribution in [1.82, 2.24) is 0 Å². The van der Waals surface area contributed by atoms with Gasteiger partial charge < -0.3 is 5.11 Å². The molecule has 0 radical (unpaired) electrons. The first-order chi connectivity index (χ1) is 6.59. The Bertz CT molecular complexity index is 299. The molecular formula is C12H16O2. The molecule has 0 aliphatic rings. The summed E-state index contributed by atoms with van der Waals surface area (Å²) in [5, 5.41) is 8.52. The SMILES string of the molecule is CC(C)c1ccc(CCC(=O)O)cc1. The quantitative estimate of drug-likeness (QED) is 0.796. The zero-order valence-electron chi connectivity index (χ0n) is 8.66. The number of carbonyl (C=O) groups is 1. The van der Waals surface area contributed by atoms with Crippen LogP contribution in [0.4, 0.5) is 0 Å². The number of benzene rings is 1. The molecule has 1 aromatic rings. The van der Waals surface area contributed by atoms with Crippen molar-refractivity contribution in [2.24, 2.45) is 0 Å². The zero-order chi connectivity index (χ0) is 10.6. The molecule has 0 amide bonds. The maximum absolute atomic E-state index is 10.3. The molecule has 1 rings (SSSR count). The number of rotatable bonds is 4. The maximum atomic E-state index is 10.3. The van der Waals surface area contributed by atoms with Crippen molar-refractivity contribution in [2.45, 2.75) is 32.6 Å². The van der Waals surface area contributed by atoms with Gasteiger partial charge in [0.25, 0.3) is 0 Å². The number of aryl methyl sites for hydroxylation is 1. The lowest BCUT2D eigenvalue weighted by molar-refractivity contribution is -0.136. The van der Waals surface area contributed by atoms with Crippen LogP contribution in [-0.4, -0.2) is 11.1 Å². The molecule has 0 unspecified atom stereocenters. The van der Waals surface area contributed by atoms with Crippen LogP contribution in [0, 0.1) is 0 Å². The summed E-state index contributed by atoms with van der Waals surface area (Å²) in [5.74, 6) is -0.207. The largest absolute Gasteiger partial charge is 0.481 e. The topological polar surface area (TPSA) is 37.3 Å². The Morgan fingerprint density at radius 3 is 2.29 bits per heavy atom. The molecule has 1 aromatic carbocycles. The van der Waals surface area contributed by atoms with Gasteiger partial charge in [-0.25, -0.2) is 0 Å². The fraction of sp³-hybridized carbons (Fsp3) is 0.417. The van der Waals surface area contributed by atoms with E-state index >= 15 is 0 Å². The van der Waals surface area contributed by atoms with Crippen molar-refractivity contribution in [3.63, 3.8) is 0 Å². The summed E-state index contributed by atoms with van der Waals surface area (Å²) in [7, 11) is 0. The van der Waals surface area contributed by atoms with Crippen molar-refractivity contribution in [3.05, 3.63) is 35.4 Å². The Balaban J connectivity index is 2.59. The predicted octanol–water partition coefficient (Wildman–Crippen LogP) is 2.83. The molecule has 0 saturated carbocycles. The van der Waals surface area contributed by atoms with E-state index in [4.69, 9.17) is 5.11 Å². The molecule has 0 saturated heterocycles. The molecule has 76 valence electrons. The van der Waals surface area contributed by atoms with E-state index in [2.05, 4.69) is 26.0 Å². The lowest BCUT2D eigenvalue weighted by atomic mass is 10.0. The minimum Gasteiger partial charge on any atom is -0.481 e. The van der Waals surface area contributed by atoms with Gasteiger partial charge in [-0.1, -0.05) is 38.1 Å². The van der Waals surface area contributed by atoms with Gasteiger partial charge in [0.15, 0.2) is 0 Å². The van der Waals surface area contributed by atoms with Gasteiger partial charge in [-0.2, -0.15) is 0 Å². The number of hydrogen-bond donors (Lipinski definition) is 1. The molecule has 0 atom stereocenters. The maximum Gasteiger partial charge on any atom is 0.303 e. The van der Waals surface area contributed by atoms with Crippen LogP contribution in [0.15, 0.2) is 24.3 Å². The van der Waals surface area contributed by atoms with E-state index in [1.165, 1.54) is 5.56 Å². The number of hydrogen-bond acceptors (Lipinski definition) is 1. The van der Waals surface area contributed by atoms with Gasteiger partial charge in [0.2, 0.25) is 0 Å². The van der Waals surface area contributed by atoms with Gasteiger partial charge >= 0.3 is 5.97 Å². The molecule has 2 nitrogen and oxygen atoms in total. The first-order valence-electron chi connectivity index (χ1n) is 4.90. The van der Waals surface area contributed by atoms with E-state index in [0.29, 0.717) is 12.3 Å². The molecule has 0 fully saturated rings. The first-order valence-corrected chi connectivity index (χ1v) is 4.90. The Kier molecular flexibility index (Phi) is 3.69. The van der Waals surface area contributed by atoms with Gasteiger partial charge in [-0.3, -0.25) is 4.79 Å². The van der Waals surface area contributed by atoms with Crippen molar-refractivity contribution < 1.29 is 9.90 Å². The molecule has 14 heavy (non-hydrogen) atoms. The van der Waals surface area contributed by atoms with Gasteiger partial charge in [-0.05, 0) is 23.5 Å². The summed E-state index contributed by atoms with van der Waals surface area (Å²) >= 11 is 0. The molecule has 0 aliphatic heterocycles. The standard InChI is InChI=1S/C12H16O2/c1-9(2)11-6-3-10(4-7-11)5-8-12(13)14/h3-4,6-7,9H,5,8H2,1-2H3,(H,13,14). The highest BCUT2D eigenvalue weighted by Gasteiger charge is 2.01. The molecule has 0 aromatic heterocycles. The van der Waals surface area contributed by atoms with Crippen LogP contribution in [0.5, 0.6) is 0 Å². The highest BCUT2D eigenvalue weighted by atomic mass is 16.4. The fourth-order valence-corrected chi connectivity index (χ4v) is 1.32. The monoisotopic (exact) mass is 192 g/mol. The third-order valence-corrected chi connectivity index (χ3v) is 2.27. The van der Waals surface area contributed by atoms with Crippen LogP contribution in [0.3, 0.4) is 0 Å². The summed E-state index contributed by atoms with van der Waals surface area (Å²) in [5.41, 5.74) is 2.39. The van der Waals surface area contributed by atoms with Crippen molar-refractivity contribution >= 4 is 5.97 Å². The highest BCUT2D eigenvalue weighted by Crippen LogP contribution is 2.15. The van der Waals surface area contributed by atoms with Crippen LogP contribution < -0.4 is 0 Å².